The van der Waals surface area contributed by atoms with Crippen LogP contribution in [-0.4, -0.2) is 24.0 Å². The SMILES string of the molecule is Cc1ccc2cccc(OCc3c(Cl)ccc(OCCNC(=O)/C=C/c4ccc(N)cc4)c3Cl)c2n1. The number of aryl methyl sites for hydroxylation is 1. The smallest absolute Gasteiger partial charge is 0.244 e. The molecule has 0 unspecified atom stereocenters. The van der Waals surface area contributed by atoms with Crippen LogP contribution in [0.4, 0.5) is 5.69 Å². The summed E-state index contributed by atoms with van der Waals surface area (Å²) in [7, 11) is 0. The van der Waals surface area contributed by atoms with E-state index in [2.05, 4.69) is 10.3 Å². The highest BCUT2D eigenvalue weighted by molar-refractivity contribution is 6.36. The van der Waals surface area contributed by atoms with E-state index in [0.29, 0.717) is 39.3 Å². The van der Waals surface area contributed by atoms with Gasteiger partial charge in [-0.1, -0.05) is 53.5 Å². The number of carbonyl (C=O) groups excluding carboxylic acids is 1. The normalized spacial score (nSPS) is 11.1. The Hall–Kier alpha value is -3.74. The lowest BCUT2D eigenvalue weighted by atomic mass is 10.2. The van der Waals surface area contributed by atoms with Gasteiger partial charge in [-0.25, -0.2) is 4.98 Å². The molecule has 0 aliphatic rings. The predicted molar refractivity (Wildman–Crippen MR) is 146 cm³/mol. The van der Waals surface area contributed by atoms with E-state index in [1.54, 1.807) is 30.3 Å². The summed E-state index contributed by atoms with van der Waals surface area (Å²) >= 11 is 13.0. The topological polar surface area (TPSA) is 86.5 Å². The number of hydrogen-bond donors (Lipinski definition) is 2. The minimum atomic E-state index is -0.231. The van der Waals surface area contributed by atoms with Crippen molar-refractivity contribution in [1.82, 2.24) is 10.3 Å². The molecule has 0 spiro atoms. The van der Waals surface area contributed by atoms with Crippen LogP contribution in [0, 0.1) is 6.92 Å². The number of nitrogens with zero attached hydrogens (tertiary/aromatic N) is 1. The van der Waals surface area contributed by atoms with Gasteiger partial charge in [0.25, 0.3) is 0 Å². The molecule has 0 fully saturated rings. The first-order valence-electron chi connectivity index (χ1n) is 11.3. The molecule has 0 saturated carbocycles. The molecule has 0 bridgehead atoms. The molecule has 1 heterocycles. The molecule has 36 heavy (non-hydrogen) atoms. The van der Waals surface area contributed by atoms with Crippen LogP contribution in [0.1, 0.15) is 16.8 Å². The van der Waals surface area contributed by atoms with E-state index in [-0.39, 0.29) is 19.1 Å². The summed E-state index contributed by atoms with van der Waals surface area (Å²) in [6, 6.07) is 20.4. The van der Waals surface area contributed by atoms with Crippen molar-refractivity contribution in [3.8, 4) is 11.5 Å². The number of rotatable bonds is 9. The summed E-state index contributed by atoms with van der Waals surface area (Å²) in [6.45, 7) is 2.62. The van der Waals surface area contributed by atoms with Gasteiger partial charge in [-0.15, -0.1) is 0 Å². The van der Waals surface area contributed by atoms with Gasteiger partial charge in [0, 0.05) is 33.4 Å². The van der Waals surface area contributed by atoms with Crippen molar-refractivity contribution in [2.75, 3.05) is 18.9 Å². The Balaban J connectivity index is 1.33. The van der Waals surface area contributed by atoms with E-state index < -0.39 is 0 Å². The highest BCUT2D eigenvalue weighted by Crippen LogP contribution is 2.35. The number of ether oxygens (including phenoxy) is 2. The fourth-order valence-electron chi connectivity index (χ4n) is 3.48. The van der Waals surface area contributed by atoms with Crippen LogP contribution in [0.15, 0.2) is 72.8 Å². The van der Waals surface area contributed by atoms with Crippen LogP contribution < -0.4 is 20.5 Å². The lowest BCUT2D eigenvalue weighted by Crippen LogP contribution is -2.26. The average Bonchev–Trinajstić information content (AvgIpc) is 2.87. The summed E-state index contributed by atoms with van der Waals surface area (Å²) in [4.78, 5) is 16.6. The van der Waals surface area contributed by atoms with Gasteiger partial charge in [-0.2, -0.15) is 0 Å². The van der Waals surface area contributed by atoms with Gasteiger partial charge in [-0.3, -0.25) is 4.79 Å². The minimum absolute atomic E-state index is 0.149. The first-order chi connectivity index (χ1) is 17.4. The average molecular weight is 522 g/mol. The molecule has 184 valence electrons. The summed E-state index contributed by atoms with van der Waals surface area (Å²) < 4.78 is 11.8. The van der Waals surface area contributed by atoms with Crippen LogP contribution in [0.3, 0.4) is 0 Å². The number of aromatic nitrogens is 1. The van der Waals surface area contributed by atoms with Crippen molar-refractivity contribution in [3.05, 3.63) is 99.7 Å². The second kappa shape index (κ2) is 11.8. The Morgan fingerprint density at radius 2 is 1.81 bits per heavy atom. The first-order valence-corrected chi connectivity index (χ1v) is 12.1. The molecule has 1 amide bonds. The number of hydrogen-bond acceptors (Lipinski definition) is 5. The van der Waals surface area contributed by atoms with Crippen LogP contribution in [0.2, 0.25) is 10.0 Å². The summed E-state index contributed by atoms with van der Waals surface area (Å²) in [5, 5.41) is 4.59. The molecule has 3 aromatic carbocycles. The van der Waals surface area contributed by atoms with Crippen molar-refractivity contribution in [2.24, 2.45) is 0 Å². The quantitative estimate of drug-likeness (QED) is 0.155. The third kappa shape index (κ3) is 6.47. The Labute approximate surface area is 219 Å². The van der Waals surface area contributed by atoms with E-state index in [0.717, 1.165) is 22.2 Å². The van der Waals surface area contributed by atoms with Crippen molar-refractivity contribution in [1.29, 1.82) is 0 Å². The number of amides is 1. The highest BCUT2D eigenvalue weighted by Gasteiger charge is 2.14. The zero-order chi connectivity index (χ0) is 25.5. The number of nitrogen functional groups attached to an aromatic ring is 1. The van der Waals surface area contributed by atoms with Gasteiger partial charge in [0.05, 0.1) is 11.6 Å². The molecular formula is C28H25Cl2N3O3. The number of benzene rings is 3. The zero-order valence-electron chi connectivity index (χ0n) is 19.6. The second-order valence-corrected chi connectivity index (χ2v) is 8.83. The van der Waals surface area contributed by atoms with Crippen molar-refractivity contribution < 1.29 is 14.3 Å². The Morgan fingerprint density at radius 1 is 1.00 bits per heavy atom. The van der Waals surface area contributed by atoms with E-state index in [9.17, 15) is 4.79 Å². The molecule has 0 aliphatic heterocycles. The molecule has 0 radical (unpaired) electrons. The second-order valence-electron chi connectivity index (χ2n) is 8.05. The Kier molecular flexibility index (Phi) is 8.31. The highest BCUT2D eigenvalue weighted by atomic mass is 35.5. The van der Waals surface area contributed by atoms with Gasteiger partial charge in [0.15, 0.2) is 0 Å². The lowest BCUT2D eigenvalue weighted by Gasteiger charge is -2.15. The standard InChI is InChI=1S/C28H25Cl2N3O3/c1-18-5-9-20-3-2-4-25(28(20)33-18)36-17-22-23(29)12-13-24(27(22)30)35-16-15-32-26(34)14-8-19-6-10-21(31)11-7-19/h2-14H,15-17,31H2,1H3,(H,32,34)/b14-8+. The van der Waals surface area contributed by atoms with Crippen molar-refractivity contribution in [2.45, 2.75) is 13.5 Å². The Bertz CT molecular complexity index is 1410. The number of halogens is 2. The molecule has 8 heteroatoms. The number of para-hydroxylation sites is 1. The summed E-state index contributed by atoms with van der Waals surface area (Å²) in [6.07, 6.45) is 3.17. The van der Waals surface area contributed by atoms with Gasteiger partial charge in [-0.05, 0) is 55.0 Å². The van der Waals surface area contributed by atoms with E-state index in [1.807, 2.05) is 49.4 Å². The summed E-state index contributed by atoms with van der Waals surface area (Å²) in [5.41, 5.74) is 9.50. The molecule has 0 aliphatic carbocycles. The number of carbonyl (C=O) groups is 1. The zero-order valence-corrected chi connectivity index (χ0v) is 21.1. The van der Waals surface area contributed by atoms with Crippen molar-refractivity contribution in [3.63, 3.8) is 0 Å². The predicted octanol–water partition coefficient (Wildman–Crippen LogP) is 6.22. The number of nitrogens with one attached hydrogen (secondary N) is 1. The maximum absolute atomic E-state index is 12.1. The van der Waals surface area contributed by atoms with Gasteiger partial charge >= 0.3 is 0 Å². The monoisotopic (exact) mass is 521 g/mol. The number of nitrogens with two attached hydrogens (primary N) is 1. The minimum Gasteiger partial charge on any atom is -0.490 e. The fraction of sp³-hybridized carbons (Fsp3) is 0.143. The molecule has 6 nitrogen and oxygen atoms in total. The van der Waals surface area contributed by atoms with Crippen LogP contribution in [-0.2, 0) is 11.4 Å². The summed E-state index contributed by atoms with van der Waals surface area (Å²) in [5.74, 6) is 0.869. The molecule has 3 N–H and O–H groups in total. The maximum atomic E-state index is 12.1. The number of fused-ring (bicyclic) bond motifs is 1. The van der Waals surface area contributed by atoms with Gasteiger partial charge in [0.1, 0.15) is 30.2 Å². The molecule has 4 rings (SSSR count). The first kappa shape index (κ1) is 25.4. The van der Waals surface area contributed by atoms with Crippen LogP contribution in [0.25, 0.3) is 17.0 Å². The molecule has 0 atom stereocenters. The number of pyridine rings is 1. The third-order valence-corrected chi connectivity index (χ3v) is 6.14. The number of anilines is 1. The third-order valence-electron chi connectivity index (χ3n) is 5.37. The Morgan fingerprint density at radius 3 is 2.61 bits per heavy atom. The molecule has 4 aromatic rings. The lowest BCUT2D eigenvalue weighted by molar-refractivity contribution is -0.116. The molecule has 0 saturated heterocycles. The largest absolute Gasteiger partial charge is 0.490 e. The van der Waals surface area contributed by atoms with E-state index >= 15 is 0 Å². The van der Waals surface area contributed by atoms with Gasteiger partial charge < -0.3 is 20.5 Å². The van der Waals surface area contributed by atoms with E-state index in [1.165, 1.54) is 6.08 Å². The maximum Gasteiger partial charge on any atom is 0.244 e. The van der Waals surface area contributed by atoms with Crippen LogP contribution in [0.5, 0.6) is 11.5 Å². The fourth-order valence-corrected chi connectivity index (χ4v) is 4.01. The van der Waals surface area contributed by atoms with E-state index in [4.69, 9.17) is 38.4 Å². The van der Waals surface area contributed by atoms with Crippen LogP contribution >= 0.6 is 23.2 Å². The van der Waals surface area contributed by atoms with Gasteiger partial charge in [0.2, 0.25) is 5.91 Å². The molecule has 1 aromatic heterocycles. The van der Waals surface area contributed by atoms with Crippen molar-refractivity contribution >= 4 is 51.8 Å². The molecular weight excluding hydrogens is 497 g/mol.